The van der Waals surface area contributed by atoms with Crippen LogP contribution in [0.25, 0.3) is 40.3 Å². The van der Waals surface area contributed by atoms with Crippen LogP contribution >= 0.6 is 102 Å². The standard InChI is InChI=1S/C24H16BrOPS.C12H6BrIS.C12H10ClOP.CH4.B2/c25-21-15-20-19-13-7-8-14-23(19)28-24(20)16-22(21)27(26,17-9-3-1-4-10-17)18-11-5-2-6-12-18;13-9-5-8-7-3-1-2-4-11(7)15-12(8)6-10(9)14;13-15(14,11-7-3-1-4-8-11)12-9-5-2-6-10-12;;1-2/h1-16H;1-6H;1-10H;1H4;. The fraction of sp³-hybridized carbons (Fsp3) is 0.0204. The summed E-state index contributed by atoms with van der Waals surface area (Å²) < 4.78 is 35.5. The van der Waals surface area contributed by atoms with E-state index in [1.807, 2.05) is 108 Å². The van der Waals surface area contributed by atoms with Gasteiger partial charge in [-0.1, -0.05) is 165 Å². The van der Waals surface area contributed by atoms with Gasteiger partial charge in [0.2, 0.25) is 6.49 Å². The molecule has 61 heavy (non-hydrogen) atoms. The van der Waals surface area contributed by atoms with Crippen molar-refractivity contribution in [3.8, 4) is 0 Å². The topological polar surface area (TPSA) is 34.1 Å². The predicted octanol–water partition coefficient (Wildman–Crippen LogP) is 14.9. The second-order valence-corrected chi connectivity index (χ2v) is 24.5. The first-order valence-electron chi connectivity index (χ1n) is 18.5. The van der Waals surface area contributed by atoms with Gasteiger partial charge in [-0.15, -0.1) is 22.7 Å². The average molecular weight is 1130 g/mol. The summed E-state index contributed by atoms with van der Waals surface area (Å²) in [5, 5.41) is 9.05. The Morgan fingerprint density at radius 3 is 1.21 bits per heavy atom. The lowest BCUT2D eigenvalue weighted by molar-refractivity contribution is 0.592. The fourth-order valence-electron chi connectivity index (χ4n) is 6.79. The minimum Gasteiger partial charge on any atom is -0.309 e. The van der Waals surface area contributed by atoms with Crippen molar-refractivity contribution in [2.75, 3.05) is 0 Å². The molecule has 0 saturated carbocycles. The third kappa shape index (κ3) is 10.3. The van der Waals surface area contributed by atoms with E-state index in [4.69, 9.17) is 11.2 Å². The molecule has 0 amide bonds. The summed E-state index contributed by atoms with van der Waals surface area (Å²) in [4.78, 5) is 0. The lowest BCUT2D eigenvalue weighted by atomic mass is 9.81. The lowest BCUT2D eigenvalue weighted by Crippen LogP contribution is -2.25. The third-order valence-electron chi connectivity index (χ3n) is 9.62. The monoisotopic (exact) mass is 1120 g/mol. The Balaban J connectivity index is 0.000000161. The molecule has 0 unspecified atom stereocenters. The summed E-state index contributed by atoms with van der Waals surface area (Å²) in [7, 11) is 5.00. The molecule has 0 bridgehead atoms. The van der Waals surface area contributed by atoms with Crippen LogP contribution in [-0.4, -0.2) is 15.5 Å². The maximum absolute atomic E-state index is 14.7. The van der Waals surface area contributed by atoms with Crippen LogP contribution in [0, 0.1) is 3.57 Å². The smallest absolute Gasteiger partial charge is 0.225 e. The molecule has 10 rings (SSSR count). The number of fused-ring (bicyclic) bond motifs is 6. The summed E-state index contributed by atoms with van der Waals surface area (Å²) in [5.74, 6) is 0. The molecule has 2 nitrogen and oxygen atoms in total. The van der Waals surface area contributed by atoms with Crippen molar-refractivity contribution in [2.24, 2.45) is 0 Å². The predicted molar refractivity (Wildman–Crippen MR) is 290 cm³/mol. The van der Waals surface area contributed by atoms with Gasteiger partial charge >= 0.3 is 0 Å². The van der Waals surface area contributed by atoms with Crippen LogP contribution in [0.15, 0.2) is 203 Å². The molecule has 4 radical (unpaired) electrons. The second kappa shape index (κ2) is 21.4. The molecule has 0 fully saturated rings. The van der Waals surface area contributed by atoms with Crippen LogP contribution in [0.3, 0.4) is 0 Å². The molecule has 0 aliphatic carbocycles. The molecule has 0 atom stereocenters. The van der Waals surface area contributed by atoms with Gasteiger partial charge in [-0.3, -0.25) is 4.57 Å². The van der Waals surface area contributed by atoms with Crippen LogP contribution < -0.4 is 26.5 Å². The van der Waals surface area contributed by atoms with Crippen molar-refractivity contribution in [1.82, 2.24) is 0 Å². The molecule has 12 heteroatoms. The highest BCUT2D eigenvalue weighted by atomic mass is 127. The van der Waals surface area contributed by atoms with Gasteiger partial charge in [-0.25, -0.2) is 0 Å². The van der Waals surface area contributed by atoms with Gasteiger partial charge < -0.3 is 4.57 Å². The third-order valence-corrected chi connectivity index (χ3v) is 21.3. The van der Waals surface area contributed by atoms with Crippen LogP contribution in [0.1, 0.15) is 7.43 Å². The Labute approximate surface area is 403 Å². The van der Waals surface area contributed by atoms with E-state index < -0.39 is 13.6 Å². The van der Waals surface area contributed by atoms with Crippen molar-refractivity contribution in [2.45, 2.75) is 7.43 Å². The number of hydrogen-bond acceptors (Lipinski definition) is 4. The van der Waals surface area contributed by atoms with Crippen LogP contribution in [0.4, 0.5) is 0 Å². The number of benzene rings is 8. The van der Waals surface area contributed by atoms with E-state index in [9.17, 15) is 9.13 Å². The Hall–Kier alpha value is -3.23. The molecular weight excluding hydrogens is 1090 g/mol. The van der Waals surface area contributed by atoms with Gasteiger partial charge in [0, 0.05) is 94.9 Å². The minimum absolute atomic E-state index is 0. The first-order chi connectivity index (χ1) is 29.1. The maximum Gasteiger partial charge on any atom is 0.225 e. The summed E-state index contributed by atoms with van der Waals surface area (Å²) in [6.07, 6.45) is 0. The Kier molecular flexibility index (Phi) is 16.6. The molecule has 0 N–H and O–H groups in total. The van der Waals surface area contributed by atoms with Crippen LogP contribution in [0.5, 0.6) is 0 Å². The molecule has 8 aromatic carbocycles. The largest absolute Gasteiger partial charge is 0.309 e. The van der Waals surface area contributed by atoms with Gasteiger partial charge in [0.05, 0.1) is 0 Å². The van der Waals surface area contributed by atoms with Crippen LogP contribution in [-0.2, 0) is 9.13 Å². The van der Waals surface area contributed by atoms with Gasteiger partial charge in [-0.05, 0) is 102 Å². The van der Waals surface area contributed by atoms with E-state index in [0.29, 0.717) is 10.6 Å². The van der Waals surface area contributed by atoms with Crippen LogP contribution in [0.2, 0.25) is 0 Å². The van der Waals surface area contributed by atoms with Gasteiger partial charge in [0.1, 0.15) is 0 Å². The zero-order valence-electron chi connectivity index (χ0n) is 31.7. The van der Waals surface area contributed by atoms with E-state index in [1.165, 1.54) is 43.7 Å². The summed E-state index contributed by atoms with van der Waals surface area (Å²) in [6, 6.07) is 63.6. The SMILES string of the molecule is Brc1cc2c(cc1I)sc1ccccc12.C.O=P(Cl)(c1ccccc1)c1ccccc1.O=P(c1ccccc1)(c1ccccc1)c1cc2sc3ccccc3c2cc1Br.[B][B]. The zero-order valence-corrected chi connectivity index (χ0v) is 41.2. The number of rotatable bonds is 5. The first-order valence-corrected chi connectivity index (χ1v) is 27.1. The quantitative estimate of drug-likeness (QED) is 0.0978. The van der Waals surface area contributed by atoms with E-state index in [-0.39, 0.29) is 7.43 Å². The zero-order chi connectivity index (χ0) is 42.3. The van der Waals surface area contributed by atoms with Crippen molar-refractivity contribution < 1.29 is 9.13 Å². The van der Waals surface area contributed by atoms with Crippen molar-refractivity contribution >= 4 is 184 Å². The molecule has 2 heterocycles. The highest BCUT2D eigenvalue weighted by Gasteiger charge is 2.32. The molecule has 300 valence electrons. The fourth-order valence-corrected chi connectivity index (χ4v) is 16.0. The highest BCUT2D eigenvalue weighted by molar-refractivity contribution is 14.1. The Bertz CT molecular complexity index is 3050. The van der Waals surface area contributed by atoms with Gasteiger partial charge in [0.25, 0.3) is 0 Å². The normalized spacial score (nSPS) is 11.1. The average Bonchev–Trinajstić information content (AvgIpc) is 3.85. The highest BCUT2D eigenvalue weighted by Crippen LogP contribution is 2.49. The van der Waals surface area contributed by atoms with E-state index in [1.54, 1.807) is 35.6 Å². The van der Waals surface area contributed by atoms with E-state index >= 15 is 0 Å². The lowest BCUT2D eigenvalue weighted by Gasteiger charge is -2.21. The van der Waals surface area contributed by atoms with E-state index in [0.717, 1.165) is 25.1 Å². The molecule has 10 aromatic rings. The van der Waals surface area contributed by atoms with Crippen molar-refractivity contribution in [1.29, 1.82) is 0 Å². The molecule has 0 aliphatic rings. The van der Waals surface area contributed by atoms with Gasteiger partial charge in [-0.2, -0.15) is 0 Å². The summed E-state index contributed by atoms with van der Waals surface area (Å²) in [5.41, 5.74) is 0. The second-order valence-electron chi connectivity index (χ2n) is 13.2. The summed E-state index contributed by atoms with van der Waals surface area (Å²) >= 11 is 19.4. The number of thiophene rings is 2. The molecule has 0 spiro atoms. The Morgan fingerprint density at radius 2 is 0.787 bits per heavy atom. The van der Waals surface area contributed by atoms with Gasteiger partial charge in [0.15, 0.2) is 7.14 Å². The minimum atomic E-state index is -3.00. The molecule has 0 aliphatic heterocycles. The number of hydrogen-bond donors (Lipinski definition) is 0. The molecule has 2 aromatic heterocycles. The van der Waals surface area contributed by atoms with Crippen molar-refractivity contribution in [3.05, 3.63) is 207 Å². The molecule has 0 saturated heterocycles. The molecular formula is C49H36B2Br2ClIO2P2S2. The van der Waals surface area contributed by atoms with E-state index in [2.05, 4.69) is 143 Å². The maximum atomic E-state index is 14.7. The Morgan fingerprint density at radius 1 is 0.443 bits per heavy atom. The number of halogens is 4. The van der Waals surface area contributed by atoms with Crippen molar-refractivity contribution in [3.63, 3.8) is 0 Å². The summed E-state index contributed by atoms with van der Waals surface area (Å²) in [6.45, 7) is -2.93. The first kappa shape index (κ1) is 47.3.